The van der Waals surface area contributed by atoms with Gasteiger partial charge in [0.25, 0.3) is 5.91 Å². The molecule has 0 fully saturated rings. The van der Waals surface area contributed by atoms with Crippen LogP contribution >= 0.6 is 0 Å². The van der Waals surface area contributed by atoms with Gasteiger partial charge in [-0.05, 0) is 61.9 Å². The number of hydrogen-bond acceptors (Lipinski definition) is 2. The summed E-state index contributed by atoms with van der Waals surface area (Å²) in [7, 11) is 0. The van der Waals surface area contributed by atoms with Crippen molar-refractivity contribution in [3.63, 3.8) is 0 Å². The molecule has 4 heteroatoms. The first-order valence-corrected chi connectivity index (χ1v) is 7.02. The second-order valence-electron chi connectivity index (χ2n) is 4.99. The van der Waals surface area contributed by atoms with E-state index in [9.17, 15) is 9.18 Å². The van der Waals surface area contributed by atoms with Crippen LogP contribution in [0, 0.1) is 5.82 Å². The molecule has 2 aromatic carbocycles. The molecule has 0 spiro atoms. The van der Waals surface area contributed by atoms with E-state index in [1.54, 1.807) is 0 Å². The van der Waals surface area contributed by atoms with Gasteiger partial charge in [0.15, 0.2) is 0 Å². The standard InChI is InChI=1S/C17H19FN2O/c1-3-12(2)19-15-8-10-16(11-9-15)20-17(21)13-4-6-14(18)7-5-13/h4-12,19H,3H2,1-2H3,(H,20,21). The Hall–Kier alpha value is -2.36. The maximum atomic E-state index is 12.8. The summed E-state index contributed by atoms with van der Waals surface area (Å²) in [6.07, 6.45) is 1.04. The Balaban J connectivity index is 1.99. The van der Waals surface area contributed by atoms with E-state index in [0.717, 1.165) is 12.1 Å². The minimum absolute atomic E-state index is 0.252. The molecular formula is C17H19FN2O. The molecule has 1 unspecified atom stereocenters. The van der Waals surface area contributed by atoms with Gasteiger partial charge in [-0.25, -0.2) is 4.39 Å². The summed E-state index contributed by atoms with van der Waals surface area (Å²) in [5, 5.41) is 6.14. The maximum absolute atomic E-state index is 12.8. The lowest BCUT2D eigenvalue weighted by molar-refractivity contribution is 0.102. The summed E-state index contributed by atoms with van der Waals surface area (Å²) in [5.74, 6) is -0.607. The van der Waals surface area contributed by atoms with E-state index in [0.29, 0.717) is 17.3 Å². The van der Waals surface area contributed by atoms with E-state index in [1.807, 2.05) is 24.3 Å². The van der Waals surface area contributed by atoms with Crippen molar-refractivity contribution in [2.75, 3.05) is 10.6 Å². The zero-order valence-corrected chi connectivity index (χ0v) is 12.2. The number of amides is 1. The van der Waals surface area contributed by atoms with Gasteiger partial charge in [-0.1, -0.05) is 6.92 Å². The Bertz CT molecular complexity index is 593. The SMILES string of the molecule is CCC(C)Nc1ccc(NC(=O)c2ccc(F)cc2)cc1. The fraction of sp³-hybridized carbons (Fsp3) is 0.235. The molecule has 110 valence electrons. The molecule has 2 N–H and O–H groups in total. The minimum atomic E-state index is -0.355. The lowest BCUT2D eigenvalue weighted by Crippen LogP contribution is -2.14. The monoisotopic (exact) mass is 286 g/mol. The number of hydrogen-bond donors (Lipinski definition) is 2. The van der Waals surface area contributed by atoms with Crippen LogP contribution in [0.5, 0.6) is 0 Å². The van der Waals surface area contributed by atoms with E-state index in [2.05, 4.69) is 24.5 Å². The highest BCUT2D eigenvalue weighted by Gasteiger charge is 2.06. The molecule has 2 rings (SSSR count). The predicted molar refractivity (Wildman–Crippen MR) is 84.2 cm³/mol. The number of nitrogens with one attached hydrogen (secondary N) is 2. The van der Waals surface area contributed by atoms with Gasteiger partial charge in [-0.3, -0.25) is 4.79 Å². The maximum Gasteiger partial charge on any atom is 0.255 e. The van der Waals surface area contributed by atoms with Crippen LogP contribution in [0.3, 0.4) is 0 Å². The van der Waals surface area contributed by atoms with Crippen molar-refractivity contribution in [2.45, 2.75) is 26.3 Å². The van der Waals surface area contributed by atoms with Crippen LogP contribution in [0.25, 0.3) is 0 Å². The van der Waals surface area contributed by atoms with E-state index in [-0.39, 0.29) is 11.7 Å². The summed E-state index contributed by atoms with van der Waals surface area (Å²) in [4.78, 5) is 12.0. The quantitative estimate of drug-likeness (QED) is 0.861. The topological polar surface area (TPSA) is 41.1 Å². The van der Waals surface area contributed by atoms with Gasteiger partial charge in [0.2, 0.25) is 0 Å². The zero-order valence-electron chi connectivity index (χ0n) is 12.2. The summed E-state index contributed by atoms with van der Waals surface area (Å²) in [5.41, 5.74) is 2.15. The van der Waals surface area contributed by atoms with E-state index in [1.165, 1.54) is 24.3 Å². The molecule has 0 aliphatic heterocycles. The van der Waals surface area contributed by atoms with Crippen molar-refractivity contribution in [3.8, 4) is 0 Å². The summed E-state index contributed by atoms with van der Waals surface area (Å²) in [6, 6.07) is 13.4. The number of carbonyl (C=O) groups is 1. The van der Waals surface area contributed by atoms with Crippen molar-refractivity contribution in [1.29, 1.82) is 0 Å². The third-order valence-electron chi connectivity index (χ3n) is 3.27. The molecule has 21 heavy (non-hydrogen) atoms. The van der Waals surface area contributed by atoms with Crippen LogP contribution in [0.15, 0.2) is 48.5 Å². The molecule has 0 radical (unpaired) electrons. The molecule has 0 heterocycles. The van der Waals surface area contributed by atoms with Gasteiger partial charge in [-0.15, -0.1) is 0 Å². The van der Waals surface area contributed by atoms with Crippen molar-refractivity contribution < 1.29 is 9.18 Å². The van der Waals surface area contributed by atoms with Gasteiger partial charge in [0.05, 0.1) is 0 Å². The normalized spacial score (nSPS) is 11.8. The molecule has 0 aromatic heterocycles. The lowest BCUT2D eigenvalue weighted by atomic mass is 10.2. The van der Waals surface area contributed by atoms with Crippen molar-refractivity contribution in [1.82, 2.24) is 0 Å². The molecule has 2 aromatic rings. The molecule has 1 atom stereocenters. The average Bonchev–Trinajstić information content (AvgIpc) is 2.49. The second-order valence-corrected chi connectivity index (χ2v) is 4.99. The molecule has 0 aliphatic carbocycles. The molecule has 0 aliphatic rings. The van der Waals surface area contributed by atoms with Gasteiger partial charge in [0.1, 0.15) is 5.82 Å². The molecule has 0 bridgehead atoms. The number of rotatable bonds is 5. The number of carbonyl (C=O) groups excluding carboxylic acids is 1. The molecule has 3 nitrogen and oxygen atoms in total. The van der Waals surface area contributed by atoms with Gasteiger partial charge < -0.3 is 10.6 Å². The molecule has 0 saturated carbocycles. The highest BCUT2D eigenvalue weighted by Crippen LogP contribution is 2.16. The van der Waals surface area contributed by atoms with Crippen LogP contribution < -0.4 is 10.6 Å². The van der Waals surface area contributed by atoms with Crippen LogP contribution in [0.4, 0.5) is 15.8 Å². The average molecular weight is 286 g/mol. The summed E-state index contributed by atoms with van der Waals surface area (Å²) < 4.78 is 12.8. The highest BCUT2D eigenvalue weighted by molar-refractivity contribution is 6.04. The van der Waals surface area contributed by atoms with E-state index < -0.39 is 0 Å². The summed E-state index contributed by atoms with van der Waals surface area (Å²) >= 11 is 0. The fourth-order valence-electron chi connectivity index (χ4n) is 1.84. The third-order valence-corrected chi connectivity index (χ3v) is 3.27. The Morgan fingerprint density at radius 1 is 1.05 bits per heavy atom. The second kappa shape index (κ2) is 6.88. The van der Waals surface area contributed by atoms with Crippen LogP contribution in [-0.2, 0) is 0 Å². The van der Waals surface area contributed by atoms with Crippen LogP contribution in [-0.4, -0.2) is 11.9 Å². The number of anilines is 2. The smallest absolute Gasteiger partial charge is 0.255 e. The van der Waals surface area contributed by atoms with Crippen molar-refractivity contribution in [3.05, 3.63) is 59.9 Å². The Morgan fingerprint density at radius 2 is 1.62 bits per heavy atom. The number of benzene rings is 2. The van der Waals surface area contributed by atoms with Gasteiger partial charge in [-0.2, -0.15) is 0 Å². The first kappa shape index (κ1) is 15.0. The van der Waals surface area contributed by atoms with Crippen molar-refractivity contribution >= 4 is 17.3 Å². The van der Waals surface area contributed by atoms with Crippen LogP contribution in [0.2, 0.25) is 0 Å². The first-order valence-electron chi connectivity index (χ1n) is 7.02. The Kier molecular flexibility index (Phi) is 4.93. The Labute approximate surface area is 124 Å². The van der Waals surface area contributed by atoms with Crippen molar-refractivity contribution in [2.24, 2.45) is 0 Å². The first-order chi connectivity index (χ1) is 10.1. The fourth-order valence-corrected chi connectivity index (χ4v) is 1.84. The van der Waals surface area contributed by atoms with Gasteiger partial charge >= 0.3 is 0 Å². The van der Waals surface area contributed by atoms with Crippen LogP contribution in [0.1, 0.15) is 30.6 Å². The molecule has 0 saturated heterocycles. The summed E-state index contributed by atoms with van der Waals surface area (Å²) in [6.45, 7) is 4.24. The molecular weight excluding hydrogens is 267 g/mol. The van der Waals surface area contributed by atoms with Gasteiger partial charge in [0, 0.05) is 23.0 Å². The zero-order chi connectivity index (χ0) is 15.2. The lowest BCUT2D eigenvalue weighted by Gasteiger charge is -2.13. The third kappa shape index (κ3) is 4.31. The van der Waals surface area contributed by atoms with E-state index in [4.69, 9.17) is 0 Å². The highest BCUT2D eigenvalue weighted by atomic mass is 19.1. The number of halogens is 1. The predicted octanol–water partition coefficient (Wildman–Crippen LogP) is 4.29. The molecule has 1 amide bonds. The van der Waals surface area contributed by atoms with E-state index >= 15 is 0 Å². The Morgan fingerprint density at radius 3 is 2.19 bits per heavy atom. The largest absolute Gasteiger partial charge is 0.383 e. The minimum Gasteiger partial charge on any atom is -0.383 e.